The van der Waals surface area contributed by atoms with Crippen molar-refractivity contribution in [2.75, 3.05) is 0 Å². The SMILES string of the molecule is CC1CC(C)C(C)C(C)C1.Cc1[c-]cc(C)c[c-]1.[W].[W]. The Morgan fingerprint density at radius 2 is 1.25 bits per heavy atom. The average molecular weight is 612 g/mol. The molecule has 20 heavy (non-hydrogen) atoms. The Morgan fingerprint density at radius 1 is 0.850 bits per heavy atom. The van der Waals surface area contributed by atoms with Crippen LogP contribution in [0.5, 0.6) is 0 Å². The smallest absolute Gasteiger partial charge is 0 e. The second kappa shape index (κ2) is 11.2. The number of hydrogen-bond acceptors (Lipinski definition) is 0. The van der Waals surface area contributed by atoms with Crippen LogP contribution in [0.2, 0.25) is 0 Å². The molecule has 0 aromatic heterocycles. The van der Waals surface area contributed by atoms with Gasteiger partial charge >= 0.3 is 0 Å². The van der Waals surface area contributed by atoms with E-state index >= 15 is 0 Å². The standard InChI is InChI=1S/C10H20.C8H8.2W/c1-7-5-8(2)10(4)9(3)6-7;1-7-3-5-8(2)6-4-7;;/h7-10H,5-6H2,1-4H3;3-4H,1-2H3;;/q;-2;;. The van der Waals surface area contributed by atoms with Gasteiger partial charge in [0.15, 0.2) is 0 Å². The van der Waals surface area contributed by atoms with Crippen LogP contribution in [0, 0.1) is 49.7 Å². The van der Waals surface area contributed by atoms with E-state index in [1.165, 1.54) is 18.4 Å². The summed E-state index contributed by atoms with van der Waals surface area (Å²) >= 11 is 0. The van der Waals surface area contributed by atoms with Gasteiger partial charge in [0.25, 0.3) is 0 Å². The fraction of sp³-hybridized carbons (Fsp3) is 0.667. The van der Waals surface area contributed by atoms with E-state index in [4.69, 9.17) is 0 Å². The molecule has 1 aromatic carbocycles. The molecule has 0 amide bonds. The van der Waals surface area contributed by atoms with Crippen LogP contribution in [0.1, 0.15) is 51.7 Å². The maximum atomic E-state index is 3.04. The second-order valence-corrected chi connectivity index (χ2v) is 6.34. The molecule has 1 aliphatic carbocycles. The molecule has 0 spiro atoms. The maximum absolute atomic E-state index is 3.04. The first-order valence-corrected chi connectivity index (χ1v) is 7.26. The summed E-state index contributed by atoms with van der Waals surface area (Å²) in [6, 6.07) is 10.0. The summed E-state index contributed by atoms with van der Waals surface area (Å²) in [6.45, 7) is 13.6. The van der Waals surface area contributed by atoms with Crippen LogP contribution < -0.4 is 0 Å². The second-order valence-electron chi connectivity index (χ2n) is 6.34. The molecule has 0 radical (unpaired) electrons. The Bertz CT molecular complexity index is 312. The third-order valence-corrected chi connectivity index (χ3v) is 4.38. The van der Waals surface area contributed by atoms with Gasteiger partial charge in [-0.05, 0) is 36.5 Å². The first kappa shape index (κ1) is 22.9. The molecule has 1 saturated carbocycles. The van der Waals surface area contributed by atoms with Gasteiger partial charge in [0.05, 0.1) is 0 Å². The predicted octanol–water partition coefficient (Wildman–Crippen LogP) is 5.22. The molecule has 2 heteroatoms. The predicted molar refractivity (Wildman–Crippen MR) is 79.5 cm³/mol. The molecule has 114 valence electrons. The summed E-state index contributed by atoms with van der Waals surface area (Å²) in [4.78, 5) is 0. The van der Waals surface area contributed by atoms with Crippen LogP contribution >= 0.6 is 0 Å². The van der Waals surface area contributed by atoms with Gasteiger partial charge in [-0.1, -0.05) is 34.6 Å². The molecule has 0 N–H and O–H groups in total. The Kier molecular flexibility index (Phi) is 12.8. The number of rotatable bonds is 0. The van der Waals surface area contributed by atoms with Gasteiger partial charge in [-0.3, -0.25) is 23.3 Å². The third-order valence-electron chi connectivity index (χ3n) is 4.38. The van der Waals surface area contributed by atoms with Crippen molar-refractivity contribution in [1.82, 2.24) is 0 Å². The van der Waals surface area contributed by atoms with Crippen LogP contribution in [0.25, 0.3) is 0 Å². The van der Waals surface area contributed by atoms with Crippen LogP contribution in [0.4, 0.5) is 0 Å². The molecule has 1 fully saturated rings. The minimum atomic E-state index is 0. The molecule has 0 aliphatic heterocycles. The number of benzene rings is 1. The quantitative estimate of drug-likeness (QED) is 0.353. The van der Waals surface area contributed by atoms with Crippen LogP contribution in [-0.4, -0.2) is 0 Å². The van der Waals surface area contributed by atoms with Gasteiger partial charge in [-0.25, -0.2) is 0 Å². The first-order valence-electron chi connectivity index (χ1n) is 7.26. The fourth-order valence-corrected chi connectivity index (χ4v) is 2.88. The first-order chi connectivity index (χ1) is 8.40. The molecule has 0 nitrogen and oxygen atoms in total. The van der Waals surface area contributed by atoms with E-state index in [1.54, 1.807) is 0 Å². The molecule has 0 saturated heterocycles. The minimum absolute atomic E-state index is 0. The maximum Gasteiger partial charge on any atom is 0 e. The van der Waals surface area contributed by atoms with E-state index in [9.17, 15) is 0 Å². The molecule has 2 atom stereocenters. The van der Waals surface area contributed by atoms with E-state index in [0.29, 0.717) is 0 Å². The third kappa shape index (κ3) is 8.14. The van der Waals surface area contributed by atoms with Gasteiger partial charge < -0.3 is 12.1 Å². The zero-order chi connectivity index (χ0) is 13.7. The van der Waals surface area contributed by atoms with E-state index in [2.05, 4.69) is 39.8 Å². The monoisotopic (exact) mass is 612 g/mol. The van der Waals surface area contributed by atoms with Crippen molar-refractivity contribution >= 4 is 0 Å². The van der Waals surface area contributed by atoms with Crippen molar-refractivity contribution in [3.05, 3.63) is 35.4 Å². The molecule has 0 heterocycles. The van der Waals surface area contributed by atoms with Crippen molar-refractivity contribution in [3.63, 3.8) is 0 Å². The molecular weight excluding hydrogens is 584 g/mol. The largest absolute Gasteiger partial charge is 0.356 e. The summed E-state index contributed by atoms with van der Waals surface area (Å²) in [5, 5.41) is 0. The summed E-state index contributed by atoms with van der Waals surface area (Å²) in [7, 11) is 0. The topological polar surface area (TPSA) is 0 Å². The van der Waals surface area contributed by atoms with Gasteiger partial charge in [-0.15, -0.1) is 6.92 Å². The van der Waals surface area contributed by atoms with Crippen LogP contribution in [0.3, 0.4) is 0 Å². The fourth-order valence-electron chi connectivity index (χ4n) is 2.88. The zero-order valence-electron chi connectivity index (χ0n) is 13.7. The molecular formula is C18H28W2-2. The van der Waals surface area contributed by atoms with Gasteiger partial charge in [0, 0.05) is 42.1 Å². The molecule has 1 aromatic rings. The summed E-state index contributed by atoms with van der Waals surface area (Å²) in [5.74, 6) is 3.84. The van der Waals surface area contributed by atoms with Crippen molar-refractivity contribution in [3.8, 4) is 0 Å². The average Bonchev–Trinajstić information content (AvgIpc) is 2.31. The van der Waals surface area contributed by atoms with Crippen LogP contribution in [0.15, 0.2) is 12.1 Å². The van der Waals surface area contributed by atoms with Crippen molar-refractivity contribution < 1.29 is 42.1 Å². The Labute approximate surface area is 155 Å². The molecule has 2 rings (SSSR count). The van der Waals surface area contributed by atoms with Crippen molar-refractivity contribution in [1.29, 1.82) is 0 Å². The molecule has 2 unspecified atom stereocenters. The molecule has 0 bridgehead atoms. The summed E-state index contributed by atoms with van der Waals surface area (Å²) in [6.07, 6.45) is 2.90. The number of aryl methyl sites for hydroxylation is 2. The zero-order valence-corrected chi connectivity index (χ0v) is 19.6. The van der Waals surface area contributed by atoms with E-state index in [1.807, 2.05) is 26.0 Å². The van der Waals surface area contributed by atoms with Crippen molar-refractivity contribution in [2.45, 2.75) is 54.4 Å². The van der Waals surface area contributed by atoms with E-state index in [-0.39, 0.29) is 42.1 Å². The Hall–Kier alpha value is 0.597. The number of hydrogen-bond donors (Lipinski definition) is 0. The van der Waals surface area contributed by atoms with Gasteiger partial charge in [0.1, 0.15) is 0 Å². The summed E-state index contributed by atoms with van der Waals surface area (Å²) < 4.78 is 0. The normalized spacial score (nSPS) is 28.3. The summed E-state index contributed by atoms with van der Waals surface area (Å²) in [5.41, 5.74) is 2.30. The van der Waals surface area contributed by atoms with E-state index in [0.717, 1.165) is 29.2 Å². The van der Waals surface area contributed by atoms with Gasteiger partial charge in [-0.2, -0.15) is 0 Å². The van der Waals surface area contributed by atoms with E-state index < -0.39 is 0 Å². The molecule has 1 aliphatic rings. The van der Waals surface area contributed by atoms with Crippen molar-refractivity contribution in [2.24, 2.45) is 23.7 Å². The van der Waals surface area contributed by atoms with Gasteiger partial charge in [0.2, 0.25) is 0 Å². The van der Waals surface area contributed by atoms with Crippen LogP contribution in [-0.2, 0) is 42.1 Å². The Balaban J connectivity index is 0. The minimum Gasteiger partial charge on any atom is -0.356 e. The Morgan fingerprint density at radius 3 is 1.60 bits per heavy atom.